The van der Waals surface area contributed by atoms with E-state index in [4.69, 9.17) is 5.11 Å². The average molecular weight is 827 g/mol. The maximum absolute atomic E-state index is 12.2. The lowest BCUT2D eigenvalue weighted by molar-refractivity contribution is -0.438. The Morgan fingerprint density at radius 1 is 0.811 bits per heavy atom. The number of rotatable bonds is 21. The Morgan fingerprint density at radius 2 is 1.38 bits per heavy atom. The normalized spacial score (nSPS) is 21.9. The van der Waals surface area contributed by atoms with Crippen molar-refractivity contribution >= 4 is 63.6 Å². The molecule has 0 spiro atoms. The summed E-state index contributed by atoms with van der Waals surface area (Å²) < 4.78 is 134. The zero-order chi connectivity index (χ0) is 40.0. The smallest absolute Gasteiger partial charge is 0.303 e. The molecule has 0 radical (unpaired) electrons. The zero-order valence-corrected chi connectivity index (χ0v) is 33.0. The maximum Gasteiger partial charge on any atom is 0.303 e. The molecule has 2 aliphatic rings. The van der Waals surface area contributed by atoms with Crippen LogP contribution in [0.5, 0.6) is 0 Å². The van der Waals surface area contributed by atoms with Crippen LogP contribution in [0.25, 0.3) is 0 Å². The number of unbranched alkanes of at least 4 members (excludes halogenated alkanes) is 2. The van der Waals surface area contributed by atoms with Crippen molar-refractivity contribution in [1.29, 1.82) is 0 Å². The van der Waals surface area contributed by atoms with Crippen molar-refractivity contribution in [2.75, 3.05) is 30.3 Å². The van der Waals surface area contributed by atoms with Crippen LogP contribution in [-0.2, 0) is 50.7 Å². The van der Waals surface area contributed by atoms with Gasteiger partial charge in [0.25, 0.3) is 40.5 Å². The number of carboxylic acid groups (broad SMARTS) is 1. The highest BCUT2D eigenvalue weighted by Crippen LogP contribution is 2.45. The quantitative estimate of drug-likeness (QED) is 0.0672. The lowest BCUT2D eigenvalue weighted by Gasteiger charge is -2.29. The van der Waals surface area contributed by atoms with E-state index in [-0.39, 0.29) is 50.0 Å². The van der Waals surface area contributed by atoms with Crippen molar-refractivity contribution in [3.05, 3.63) is 47.7 Å². The van der Waals surface area contributed by atoms with Gasteiger partial charge in [-0.1, -0.05) is 6.08 Å². The van der Waals surface area contributed by atoms with E-state index in [2.05, 4.69) is 5.10 Å². The fraction of sp³-hybridized carbons (Fsp3) is 0.594. The molecule has 0 fully saturated rings. The van der Waals surface area contributed by atoms with E-state index in [0.29, 0.717) is 54.2 Å². The van der Waals surface area contributed by atoms with Gasteiger partial charge in [-0.05, 0) is 83.9 Å². The van der Waals surface area contributed by atoms with Crippen LogP contribution < -0.4 is 0 Å². The standard InChI is InChI=1S/C32H47N3O14S4/c1-24-31(2,16-8-20-50(38,39)40)29(35(33-24)19-10-22-52(44,45)46)12-7-11-28-32(3,17-9-21-51(41,42)43)26-23-25(53(47,48)49)14-15-27(26)34(28)18-6-4-5-13-30(36)37/h7,11-12,14-15,23H,4-6,8-10,13,16-22H2,1-3H3,(H4-,36,37,38,39,40,41,42,43,44,45,46,47,48,49)/p+1. The maximum atomic E-state index is 12.2. The second-order valence-corrected chi connectivity index (χ2v) is 19.8. The van der Waals surface area contributed by atoms with Crippen molar-refractivity contribution in [2.24, 2.45) is 10.5 Å². The molecule has 0 amide bonds. The minimum atomic E-state index is -4.64. The second-order valence-electron chi connectivity index (χ2n) is 13.7. The second kappa shape index (κ2) is 17.2. The van der Waals surface area contributed by atoms with Crippen LogP contribution in [0.15, 0.2) is 52.1 Å². The van der Waals surface area contributed by atoms with Gasteiger partial charge in [-0.15, -0.1) is 0 Å². The van der Waals surface area contributed by atoms with Gasteiger partial charge in [0.1, 0.15) is 6.54 Å². The van der Waals surface area contributed by atoms with Gasteiger partial charge in [0.2, 0.25) is 5.69 Å². The molecule has 1 aromatic carbocycles. The molecular formula is C32H48N3O14S4+. The lowest BCUT2D eigenvalue weighted by Crippen LogP contribution is -2.32. The van der Waals surface area contributed by atoms with Gasteiger partial charge in [0.15, 0.2) is 5.71 Å². The van der Waals surface area contributed by atoms with E-state index in [1.165, 1.54) is 18.2 Å². The van der Waals surface area contributed by atoms with Gasteiger partial charge in [-0.3, -0.25) is 28.0 Å². The fourth-order valence-corrected chi connectivity index (χ4v) is 8.85. The monoisotopic (exact) mass is 826 g/mol. The molecule has 0 aliphatic carbocycles. The molecule has 0 aromatic heterocycles. The Labute approximate surface area is 311 Å². The fourth-order valence-electron chi connectivity index (χ4n) is 6.83. The Kier molecular flexibility index (Phi) is 14.4. The zero-order valence-electron chi connectivity index (χ0n) is 29.7. The van der Waals surface area contributed by atoms with Crippen LogP contribution in [0.3, 0.4) is 0 Å². The topological polar surface area (TPSA) is 273 Å². The van der Waals surface area contributed by atoms with Gasteiger partial charge in [-0.25, -0.2) is 0 Å². The molecule has 298 valence electrons. The van der Waals surface area contributed by atoms with Crippen LogP contribution in [-0.4, -0.2) is 114 Å². The Morgan fingerprint density at radius 3 is 1.92 bits per heavy atom. The van der Waals surface area contributed by atoms with E-state index in [0.717, 1.165) is 0 Å². The summed E-state index contributed by atoms with van der Waals surface area (Å²) in [5.74, 6) is -2.56. The summed E-state index contributed by atoms with van der Waals surface area (Å²) in [6, 6.07) is 4.07. The van der Waals surface area contributed by atoms with Crippen LogP contribution in [0.2, 0.25) is 0 Å². The van der Waals surface area contributed by atoms with E-state index < -0.39 is 74.5 Å². The molecule has 1 aromatic rings. The first kappa shape index (κ1) is 44.3. The molecule has 17 nitrogen and oxygen atoms in total. The highest BCUT2D eigenvalue weighted by Gasteiger charge is 2.48. The predicted molar refractivity (Wildman–Crippen MR) is 197 cm³/mol. The number of fused-ring (bicyclic) bond motifs is 1. The van der Waals surface area contributed by atoms with Crippen molar-refractivity contribution < 1.29 is 66.4 Å². The number of nitrogens with zero attached hydrogens (tertiary/aromatic N) is 3. The van der Waals surface area contributed by atoms with Gasteiger partial charge in [-0.2, -0.15) is 43.3 Å². The Hall–Kier alpha value is -3.05. The predicted octanol–water partition coefficient (Wildman–Crippen LogP) is 3.69. The molecule has 2 heterocycles. The number of hydrogen-bond donors (Lipinski definition) is 5. The molecule has 0 bridgehead atoms. The van der Waals surface area contributed by atoms with Crippen LogP contribution >= 0.6 is 0 Å². The number of carbonyl (C=O) groups is 1. The highest BCUT2D eigenvalue weighted by molar-refractivity contribution is 7.86. The molecule has 2 aliphatic heterocycles. The molecule has 2 atom stereocenters. The first-order chi connectivity index (χ1) is 24.3. The summed E-state index contributed by atoms with van der Waals surface area (Å²) in [5.41, 5.74) is 0.802. The van der Waals surface area contributed by atoms with E-state index in [1.807, 2.05) is 11.5 Å². The summed E-state index contributed by atoms with van der Waals surface area (Å²) in [4.78, 5) is 10.7. The first-order valence-corrected chi connectivity index (χ1v) is 23.1. The molecule has 5 N–H and O–H groups in total. The van der Waals surface area contributed by atoms with Gasteiger partial charge < -0.3 is 5.11 Å². The first-order valence-electron chi connectivity index (χ1n) is 16.8. The molecule has 21 heteroatoms. The van der Waals surface area contributed by atoms with Gasteiger partial charge >= 0.3 is 5.97 Å². The number of hydrazone groups is 1. The van der Waals surface area contributed by atoms with Gasteiger partial charge in [0.05, 0.1) is 27.6 Å². The third-order valence-electron chi connectivity index (χ3n) is 9.63. The highest BCUT2D eigenvalue weighted by atomic mass is 32.2. The van der Waals surface area contributed by atoms with Crippen LogP contribution in [0.1, 0.15) is 84.1 Å². The number of benzene rings is 1. The van der Waals surface area contributed by atoms with Crippen molar-refractivity contribution in [3.63, 3.8) is 0 Å². The van der Waals surface area contributed by atoms with E-state index >= 15 is 0 Å². The molecule has 0 saturated carbocycles. The average Bonchev–Trinajstić information content (AvgIpc) is 3.36. The Bertz CT molecular complexity index is 2130. The SMILES string of the molecule is CC1=NN(CCCS(=O)(=O)O)/C(=C\C=C\C2=[N+](CCCCCC(=O)O)c3ccc(S(=O)(=O)O)cc3C2(C)CCCS(=O)(=O)O)C1(C)CCCS(=O)(=O)O. The van der Waals surface area contributed by atoms with Crippen molar-refractivity contribution in [2.45, 2.75) is 88.9 Å². The number of hydrogen-bond acceptors (Lipinski definition) is 11. The summed E-state index contributed by atoms with van der Waals surface area (Å²) in [5, 5.41) is 15.2. The van der Waals surface area contributed by atoms with Crippen molar-refractivity contribution in [1.82, 2.24) is 5.01 Å². The molecule has 0 saturated heterocycles. The summed E-state index contributed by atoms with van der Waals surface area (Å²) in [6.45, 7) is 5.73. The summed E-state index contributed by atoms with van der Waals surface area (Å²) in [6.07, 6.45) is 6.91. The molecule has 53 heavy (non-hydrogen) atoms. The van der Waals surface area contributed by atoms with Gasteiger partial charge in [0, 0.05) is 53.9 Å². The summed E-state index contributed by atoms with van der Waals surface area (Å²) in [7, 11) is -17.5. The minimum absolute atomic E-state index is 0.00203. The van der Waals surface area contributed by atoms with E-state index in [1.54, 1.807) is 37.1 Å². The molecular weight excluding hydrogens is 779 g/mol. The molecule has 2 unspecified atom stereocenters. The Balaban J connectivity index is 2.17. The number of aliphatic carboxylic acids is 1. The summed E-state index contributed by atoms with van der Waals surface area (Å²) >= 11 is 0. The lowest BCUT2D eigenvalue weighted by atomic mass is 9.75. The van der Waals surface area contributed by atoms with Crippen LogP contribution in [0.4, 0.5) is 5.69 Å². The van der Waals surface area contributed by atoms with Crippen molar-refractivity contribution in [3.8, 4) is 0 Å². The third kappa shape index (κ3) is 12.5. The minimum Gasteiger partial charge on any atom is -0.481 e. The largest absolute Gasteiger partial charge is 0.481 e. The number of carboxylic acids is 1. The third-order valence-corrected chi connectivity index (χ3v) is 12.9. The van der Waals surface area contributed by atoms with Crippen LogP contribution in [0, 0.1) is 5.41 Å². The molecule has 3 rings (SSSR count). The van der Waals surface area contributed by atoms with E-state index in [9.17, 15) is 56.7 Å². The number of allylic oxidation sites excluding steroid dienone is 4.